The first-order valence-corrected chi connectivity index (χ1v) is 10.5. The summed E-state index contributed by atoms with van der Waals surface area (Å²) in [5.41, 5.74) is 0.0913. The Bertz CT molecular complexity index is 754. The minimum atomic E-state index is -4.46. The third-order valence-electron chi connectivity index (χ3n) is 6.47. The standard InChI is InChI=1S/C22H28F3NO3/c1-28-20-12-16(22(23,24)25)11-17(14-4-5-14)21(20)19(27)10-15-13-29-9-6-18(15)26-7-2-3-8-26/h11-12,14-15,18H,2-10,13H2,1H3/t15-,18-/m0/s1. The molecule has 0 N–H and O–H groups in total. The van der Waals surface area contributed by atoms with Gasteiger partial charge < -0.3 is 9.47 Å². The number of hydrogen-bond acceptors (Lipinski definition) is 4. The van der Waals surface area contributed by atoms with Crippen LogP contribution in [0.25, 0.3) is 0 Å². The Hall–Kier alpha value is -1.60. The van der Waals surface area contributed by atoms with Crippen LogP contribution in [0.15, 0.2) is 12.1 Å². The van der Waals surface area contributed by atoms with Gasteiger partial charge in [-0.3, -0.25) is 9.69 Å². The molecule has 0 amide bonds. The zero-order chi connectivity index (χ0) is 20.6. The number of hydrogen-bond donors (Lipinski definition) is 0. The highest BCUT2D eigenvalue weighted by molar-refractivity contribution is 6.00. The molecule has 160 valence electrons. The molecule has 0 unspecified atom stereocenters. The lowest BCUT2D eigenvalue weighted by atomic mass is 9.86. The predicted octanol–water partition coefficient (Wildman–Crippen LogP) is 4.67. The predicted molar refractivity (Wildman–Crippen MR) is 102 cm³/mol. The van der Waals surface area contributed by atoms with Crippen molar-refractivity contribution >= 4 is 5.78 Å². The molecule has 2 aliphatic heterocycles. The van der Waals surface area contributed by atoms with Gasteiger partial charge in [0, 0.05) is 25.0 Å². The van der Waals surface area contributed by atoms with Crippen LogP contribution in [-0.4, -0.2) is 50.1 Å². The van der Waals surface area contributed by atoms with E-state index in [0.29, 0.717) is 30.4 Å². The van der Waals surface area contributed by atoms with E-state index in [1.807, 2.05) is 0 Å². The number of rotatable bonds is 6. The number of halogens is 3. The third kappa shape index (κ3) is 4.45. The van der Waals surface area contributed by atoms with Crippen LogP contribution in [0.5, 0.6) is 5.75 Å². The van der Waals surface area contributed by atoms with Crippen molar-refractivity contribution in [3.05, 3.63) is 28.8 Å². The van der Waals surface area contributed by atoms with Crippen molar-refractivity contribution in [2.24, 2.45) is 5.92 Å². The van der Waals surface area contributed by atoms with Gasteiger partial charge in [-0.1, -0.05) is 0 Å². The molecule has 2 saturated heterocycles. The molecule has 1 aliphatic carbocycles. The van der Waals surface area contributed by atoms with Crippen LogP contribution in [0.4, 0.5) is 13.2 Å². The zero-order valence-corrected chi connectivity index (χ0v) is 16.8. The molecule has 4 nitrogen and oxygen atoms in total. The first-order valence-electron chi connectivity index (χ1n) is 10.5. The van der Waals surface area contributed by atoms with E-state index in [0.717, 1.165) is 44.5 Å². The van der Waals surface area contributed by atoms with Crippen molar-refractivity contribution in [2.75, 3.05) is 33.4 Å². The maximum atomic E-state index is 13.3. The molecule has 3 aliphatic rings. The maximum Gasteiger partial charge on any atom is 0.416 e. The molecule has 2 heterocycles. The topological polar surface area (TPSA) is 38.8 Å². The van der Waals surface area contributed by atoms with Crippen LogP contribution in [-0.2, 0) is 10.9 Å². The van der Waals surface area contributed by atoms with Gasteiger partial charge in [0.25, 0.3) is 0 Å². The molecule has 7 heteroatoms. The van der Waals surface area contributed by atoms with E-state index in [-0.39, 0.29) is 29.8 Å². The summed E-state index contributed by atoms with van der Waals surface area (Å²) in [4.78, 5) is 15.8. The third-order valence-corrected chi connectivity index (χ3v) is 6.47. The number of ketones is 1. The van der Waals surface area contributed by atoms with Crippen molar-refractivity contribution in [1.82, 2.24) is 4.90 Å². The summed E-state index contributed by atoms with van der Waals surface area (Å²) < 4.78 is 50.9. The van der Waals surface area contributed by atoms with Gasteiger partial charge in [-0.2, -0.15) is 13.2 Å². The molecule has 29 heavy (non-hydrogen) atoms. The Morgan fingerprint density at radius 2 is 1.93 bits per heavy atom. The normalized spacial score (nSPS) is 25.9. The second-order valence-electron chi connectivity index (χ2n) is 8.48. The van der Waals surface area contributed by atoms with Crippen LogP contribution in [0.2, 0.25) is 0 Å². The summed E-state index contributed by atoms with van der Waals surface area (Å²) in [5, 5.41) is 0. The molecule has 0 spiro atoms. The van der Waals surface area contributed by atoms with E-state index in [1.54, 1.807) is 0 Å². The Balaban J connectivity index is 1.62. The highest BCUT2D eigenvalue weighted by Crippen LogP contribution is 2.47. The molecule has 3 fully saturated rings. The van der Waals surface area contributed by atoms with Gasteiger partial charge in [0.1, 0.15) is 5.75 Å². The lowest BCUT2D eigenvalue weighted by molar-refractivity contribution is -0.137. The molecule has 1 aromatic carbocycles. The van der Waals surface area contributed by atoms with E-state index in [1.165, 1.54) is 20.0 Å². The Morgan fingerprint density at radius 3 is 2.55 bits per heavy atom. The van der Waals surface area contributed by atoms with Crippen LogP contribution < -0.4 is 4.74 Å². The van der Waals surface area contributed by atoms with E-state index >= 15 is 0 Å². The molecular weight excluding hydrogens is 383 g/mol. The summed E-state index contributed by atoms with van der Waals surface area (Å²) >= 11 is 0. The molecule has 4 rings (SSSR count). The second kappa shape index (κ2) is 8.26. The maximum absolute atomic E-state index is 13.3. The van der Waals surface area contributed by atoms with Crippen molar-refractivity contribution in [2.45, 2.75) is 56.7 Å². The fourth-order valence-electron chi connectivity index (χ4n) is 4.85. The van der Waals surface area contributed by atoms with Crippen LogP contribution in [0, 0.1) is 5.92 Å². The minimum Gasteiger partial charge on any atom is -0.496 e. The van der Waals surface area contributed by atoms with Gasteiger partial charge >= 0.3 is 6.18 Å². The number of ether oxygens (including phenoxy) is 2. The Kier molecular flexibility index (Phi) is 5.89. The fraction of sp³-hybridized carbons (Fsp3) is 0.682. The fourth-order valence-corrected chi connectivity index (χ4v) is 4.85. The SMILES string of the molecule is COc1cc(C(F)(F)F)cc(C2CC2)c1C(=O)C[C@H]1COCC[C@@H]1N1CCCC1. The lowest BCUT2D eigenvalue weighted by Gasteiger charge is -2.37. The number of alkyl halides is 3. The smallest absolute Gasteiger partial charge is 0.416 e. The van der Waals surface area contributed by atoms with E-state index in [2.05, 4.69) is 4.90 Å². The van der Waals surface area contributed by atoms with Gasteiger partial charge in [-0.15, -0.1) is 0 Å². The van der Waals surface area contributed by atoms with Gasteiger partial charge in [-0.25, -0.2) is 0 Å². The summed E-state index contributed by atoms with van der Waals surface area (Å²) in [5.74, 6) is -0.00566. The van der Waals surface area contributed by atoms with Crippen LogP contribution >= 0.6 is 0 Å². The summed E-state index contributed by atoms with van der Waals surface area (Å²) in [7, 11) is 1.33. The Labute approximate surface area is 169 Å². The minimum absolute atomic E-state index is 0.0159. The Morgan fingerprint density at radius 1 is 1.21 bits per heavy atom. The molecule has 1 saturated carbocycles. The first-order chi connectivity index (χ1) is 13.9. The monoisotopic (exact) mass is 411 g/mol. The number of carbonyl (C=O) groups is 1. The lowest BCUT2D eigenvalue weighted by Crippen LogP contribution is -2.45. The van der Waals surface area contributed by atoms with Crippen molar-refractivity contribution < 1.29 is 27.4 Å². The summed E-state index contributed by atoms with van der Waals surface area (Å²) in [6.07, 6.45) is 0.700. The molecule has 0 radical (unpaired) electrons. The molecule has 1 aromatic rings. The number of Topliss-reactive ketones (excluding diaryl/α,β-unsaturated/α-hetero) is 1. The number of nitrogens with zero attached hydrogens (tertiary/aromatic N) is 1. The van der Waals surface area contributed by atoms with E-state index in [9.17, 15) is 18.0 Å². The van der Waals surface area contributed by atoms with Gasteiger partial charge in [0.2, 0.25) is 0 Å². The molecular formula is C22H28F3NO3. The molecule has 0 bridgehead atoms. The molecule has 0 aromatic heterocycles. The highest BCUT2D eigenvalue weighted by atomic mass is 19.4. The first kappa shape index (κ1) is 20.7. The van der Waals surface area contributed by atoms with E-state index < -0.39 is 11.7 Å². The number of likely N-dealkylation sites (tertiary alicyclic amines) is 1. The second-order valence-corrected chi connectivity index (χ2v) is 8.48. The highest BCUT2D eigenvalue weighted by Gasteiger charge is 2.39. The van der Waals surface area contributed by atoms with Gasteiger partial charge in [-0.05, 0) is 68.8 Å². The number of methoxy groups -OCH3 is 1. The summed E-state index contributed by atoms with van der Waals surface area (Å²) in [6, 6.07) is 2.43. The average Bonchev–Trinajstić information content (AvgIpc) is 3.40. The van der Waals surface area contributed by atoms with E-state index in [4.69, 9.17) is 9.47 Å². The number of carbonyl (C=O) groups excluding carboxylic acids is 1. The zero-order valence-electron chi connectivity index (χ0n) is 16.8. The average molecular weight is 411 g/mol. The number of benzene rings is 1. The van der Waals surface area contributed by atoms with Crippen molar-refractivity contribution in [3.63, 3.8) is 0 Å². The van der Waals surface area contributed by atoms with Gasteiger partial charge in [0.05, 0.1) is 24.8 Å². The van der Waals surface area contributed by atoms with Gasteiger partial charge in [0.15, 0.2) is 5.78 Å². The van der Waals surface area contributed by atoms with Crippen molar-refractivity contribution in [3.8, 4) is 5.75 Å². The summed E-state index contributed by atoms with van der Waals surface area (Å²) in [6.45, 7) is 3.32. The van der Waals surface area contributed by atoms with Crippen LogP contribution in [0.3, 0.4) is 0 Å². The molecule has 2 atom stereocenters. The van der Waals surface area contributed by atoms with Crippen LogP contribution in [0.1, 0.15) is 65.9 Å². The van der Waals surface area contributed by atoms with Crippen molar-refractivity contribution in [1.29, 1.82) is 0 Å². The quantitative estimate of drug-likeness (QED) is 0.638. The largest absolute Gasteiger partial charge is 0.496 e.